The van der Waals surface area contributed by atoms with Crippen LogP contribution in [0.2, 0.25) is 0 Å². The van der Waals surface area contributed by atoms with Crippen molar-refractivity contribution >= 4 is 32.7 Å². The average Bonchev–Trinajstić information content (AvgIpc) is 3.58. The molecule has 8 aromatic carbocycles. The van der Waals surface area contributed by atoms with Crippen molar-refractivity contribution in [2.24, 2.45) is 0 Å². The largest absolute Gasteiger partial charge is 0.309 e. The molecule has 0 spiro atoms. The summed E-state index contributed by atoms with van der Waals surface area (Å²) < 4.78 is 2.35. The van der Waals surface area contributed by atoms with Gasteiger partial charge in [0.05, 0.1) is 22.2 Å². The first-order chi connectivity index (χ1) is 26.3. The molecule has 0 atom stereocenters. The minimum atomic E-state index is 0.712. The maximum absolute atomic E-state index is 5.25. The van der Waals surface area contributed by atoms with Gasteiger partial charge in [0.15, 0.2) is 5.82 Å². The Labute approximate surface area is 308 Å². The van der Waals surface area contributed by atoms with Crippen molar-refractivity contribution in [3.8, 4) is 61.7 Å². The van der Waals surface area contributed by atoms with Crippen LogP contribution in [0.15, 0.2) is 200 Å². The van der Waals surface area contributed by atoms with Crippen molar-refractivity contribution in [3.63, 3.8) is 0 Å². The van der Waals surface area contributed by atoms with E-state index in [9.17, 15) is 0 Å². The third kappa shape index (κ3) is 5.56. The zero-order valence-electron chi connectivity index (χ0n) is 28.9. The summed E-state index contributed by atoms with van der Waals surface area (Å²) >= 11 is 0. The Kier molecular flexibility index (Phi) is 7.47. The standard InChI is InChI=1S/C50H33N3/c1-4-13-34(14-5-1)38-17-12-18-39(31-38)35-23-25-37(26-24-35)50-51-46-29-27-40(33-45(46)49(52-50)36-15-6-2-7-16-36)41-28-30-48-44(32-41)43-21-10-11-22-47(43)53(48)42-19-8-3-9-20-42/h1-33H. The Bertz CT molecular complexity index is 2910. The molecule has 0 saturated heterocycles. The minimum Gasteiger partial charge on any atom is -0.309 e. The molecule has 2 heterocycles. The van der Waals surface area contributed by atoms with Crippen molar-refractivity contribution in [3.05, 3.63) is 200 Å². The molecular formula is C50H33N3. The number of para-hydroxylation sites is 2. The van der Waals surface area contributed by atoms with E-state index in [0.29, 0.717) is 5.82 Å². The number of nitrogens with zero attached hydrogens (tertiary/aromatic N) is 3. The summed E-state index contributed by atoms with van der Waals surface area (Å²) in [4.78, 5) is 10.4. The van der Waals surface area contributed by atoms with Crippen LogP contribution in [0.5, 0.6) is 0 Å². The van der Waals surface area contributed by atoms with Gasteiger partial charge in [-0.15, -0.1) is 0 Å². The fraction of sp³-hybridized carbons (Fsp3) is 0. The van der Waals surface area contributed by atoms with E-state index in [1.54, 1.807) is 0 Å². The number of fused-ring (bicyclic) bond motifs is 4. The fourth-order valence-corrected chi connectivity index (χ4v) is 7.58. The first-order valence-corrected chi connectivity index (χ1v) is 18.0. The van der Waals surface area contributed by atoms with Crippen LogP contribution in [0.1, 0.15) is 0 Å². The Balaban J connectivity index is 1.06. The predicted molar refractivity (Wildman–Crippen MR) is 221 cm³/mol. The first kappa shape index (κ1) is 30.7. The van der Waals surface area contributed by atoms with E-state index in [4.69, 9.17) is 9.97 Å². The number of hydrogen-bond donors (Lipinski definition) is 0. The van der Waals surface area contributed by atoms with Gasteiger partial charge in [-0.3, -0.25) is 0 Å². The van der Waals surface area contributed by atoms with Gasteiger partial charge >= 0.3 is 0 Å². The highest BCUT2D eigenvalue weighted by Crippen LogP contribution is 2.37. The molecule has 0 aliphatic heterocycles. The van der Waals surface area contributed by atoms with Crippen LogP contribution in [-0.4, -0.2) is 14.5 Å². The van der Waals surface area contributed by atoms with E-state index < -0.39 is 0 Å². The Morgan fingerprint density at radius 2 is 0.811 bits per heavy atom. The quantitative estimate of drug-likeness (QED) is 0.176. The van der Waals surface area contributed by atoms with Crippen molar-refractivity contribution in [1.82, 2.24) is 14.5 Å². The van der Waals surface area contributed by atoms with Crippen molar-refractivity contribution < 1.29 is 0 Å². The molecule has 3 nitrogen and oxygen atoms in total. The molecule has 0 aliphatic rings. The molecule has 3 heteroatoms. The Morgan fingerprint density at radius 1 is 0.302 bits per heavy atom. The summed E-state index contributed by atoms with van der Waals surface area (Å²) in [6.45, 7) is 0. The van der Waals surface area contributed by atoms with Gasteiger partial charge in [-0.25, -0.2) is 9.97 Å². The van der Waals surface area contributed by atoms with Gasteiger partial charge in [0.25, 0.3) is 0 Å². The molecule has 0 amide bonds. The van der Waals surface area contributed by atoms with Crippen LogP contribution < -0.4 is 0 Å². The number of benzene rings is 8. The maximum atomic E-state index is 5.25. The zero-order chi connectivity index (χ0) is 35.1. The van der Waals surface area contributed by atoms with E-state index in [0.717, 1.165) is 50.1 Å². The lowest BCUT2D eigenvalue weighted by molar-refractivity contribution is 1.18. The Hall–Kier alpha value is -7.10. The molecule has 0 bridgehead atoms. The van der Waals surface area contributed by atoms with Gasteiger partial charge in [-0.05, 0) is 81.9 Å². The van der Waals surface area contributed by atoms with Gasteiger partial charge in [0.2, 0.25) is 0 Å². The molecule has 248 valence electrons. The van der Waals surface area contributed by atoms with Crippen molar-refractivity contribution in [1.29, 1.82) is 0 Å². The molecule has 0 radical (unpaired) electrons. The van der Waals surface area contributed by atoms with Crippen molar-refractivity contribution in [2.75, 3.05) is 0 Å². The van der Waals surface area contributed by atoms with Crippen LogP contribution in [0.25, 0.3) is 94.4 Å². The maximum Gasteiger partial charge on any atom is 0.160 e. The third-order valence-electron chi connectivity index (χ3n) is 10.2. The highest BCUT2D eigenvalue weighted by molar-refractivity contribution is 6.10. The molecule has 10 rings (SSSR count). The second-order valence-corrected chi connectivity index (χ2v) is 13.4. The molecule has 0 aliphatic carbocycles. The lowest BCUT2D eigenvalue weighted by atomic mass is 9.97. The second kappa shape index (κ2) is 12.9. The molecule has 2 aromatic heterocycles. The molecule has 0 N–H and O–H groups in total. The van der Waals surface area contributed by atoms with E-state index in [1.807, 2.05) is 6.07 Å². The number of rotatable bonds is 6. The highest BCUT2D eigenvalue weighted by Gasteiger charge is 2.16. The lowest BCUT2D eigenvalue weighted by Gasteiger charge is -2.12. The highest BCUT2D eigenvalue weighted by atomic mass is 15.0. The summed E-state index contributed by atoms with van der Waals surface area (Å²) in [5.74, 6) is 0.712. The predicted octanol–water partition coefficient (Wildman–Crippen LogP) is 13.1. The SMILES string of the molecule is c1ccc(-c2cccc(-c3ccc(-c4nc(-c5ccccc5)c5cc(-c6ccc7c(c6)c6ccccc6n7-c6ccccc6)ccc5n4)cc3)c2)cc1. The molecule has 10 aromatic rings. The molecule has 0 fully saturated rings. The summed E-state index contributed by atoms with van der Waals surface area (Å²) in [6, 6.07) is 70.9. The lowest BCUT2D eigenvalue weighted by Crippen LogP contribution is -1.96. The van der Waals surface area contributed by atoms with Crippen LogP contribution in [0, 0.1) is 0 Å². The smallest absolute Gasteiger partial charge is 0.160 e. The van der Waals surface area contributed by atoms with E-state index >= 15 is 0 Å². The van der Waals surface area contributed by atoms with Crippen LogP contribution >= 0.6 is 0 Å². The van der Waals surface area contributed by atoms with Crippen LogP contribution in [-0.2, 0) is 0 Å². The fourth-order valence-electron chi connectivity index (χ4n) is 7.58. The summed E-state index contributed by atoms with van der Waals surface area (Å²) in [7, 11) is 0. The van der Waals surface area contributed by atoms with Crippen molar-refractivity contribution in [2.45, 2.75) is 0 Å². The van der Waals surface area contributed by atoms with Gasteiger partial charge in [-0.2, -0.15) is 0 Å². The van der Waals surface area contributed by atoms with E-state index in [1.165, 1.54) is 38.5 Å². The topological polar surface area (TPSA) is 30.7 Å². The summed E-state index contributed by atoms with van der Waals surface area (Å²) in [5.41, 5.74) is 14.5. The van der Waals surface area contributed by atoms with Crippen LogP contribution in [0.4, 0.5) is 0 Å². The normalized spacial score (nSPS) is 11.4. The zero-order valence-corrected chi connectivity index (χ0v) is 28.9. The monoisotopic (exact) mass is 675 g/mol. The van der Waals surface area contributed by atoms with Gasteiger partial charge in [0.1, 0.15) is 0 Å². The van der Waals surface area contributed by atoms with Crippen LogP contribution in [0.3, 0.4) is 0 Å². The average molecular weight is 676 g/mol. The number of hydrogen-bond acceptors (Lipinski definition) is 2. The Morgan fingerprint density at radius 3 is 1.55 bits per heavy atom. The van der Waals surface area contributed by atoms with E-state index in [2.05, 4.69) is 199 Å². The van der Waals surface area contributed by atoms with Gasteiger partial charge in [-0.1, -0.05) is 152 Å². The summed E-state index contributed by atoms with van der Waals surface area (Å²) in [5, 5.41) is 3.49. The molecular weight excluding hydrogens is 643 g/mol. The second-order valence-electron chi connectivity index (χ2n) is 13.4. The van der Waals surface area contributed by atoms with Gasteiger partial charge in [0, 0.05) is 33.0 Å². The van der Waals surface area contributed by atoms with Gasteiger partial charge < -0.3 is 4.57 Å². The first-order valence-electron chi connectivity index (χ1n) is 18.0. The molecule has 53 heavy (non-hydrogen) atoms. The third-order valence-corrected chi connectivity index (χ3v) is 10.2. The summed E-state index contributed by atoms with van der Waals surface area (Å²) in [6.07, 6.45) is 0. The number of aromatic nitrogens is 3. The molecule has 0 unspecified atom stereocenters. The minimum absolute atomic E-state index is 0.712. The molecule has 0 saturated carbocycles. The van der Waals surface area contributed by atoms with E-state index in [-0.39, 0.29) is 0 Å².